The summed E-state index contributed by atoms with van der Waals surface area (Å²) in [4.78, 5) is 31.2. The molecule has 2 aromatic carbocycles. The Morgan fingerprint density at radius 2 is 1.63 bits per heavy atom. The summed E-state index contributed by atoms with van der Waals surface area (Å²) in [6, 6.07) is 5.74. The number of halogens is 8. The maximum atomic E-state index is 15.6. The summed E-state index contributed by atoms with van der Waals surface area (Å²) in [5, 5.41) is 43.8. The number of aliphatic hydroxyl groups excluding tert-OH is 4. The third kappa shape index (κ3) is 10.6. The molecular formula is C40H44F8N4O7. The molecule has 5 N–H and O–H groups in total. The van der Waals surface area contributed by atoms with Gasteiger partial charge in [-0.2, -0.15) is 26.3 Å². The molecule has 1 saturated heterocycles. The molecule has 5 rings (SSSR count). The van der Waals surface area contributed by atoms with E-state index in [2.05, 4.69) is 10.3 Å². The summed E-state index contributed by atoms with van der Waals surface area (Å²) in [5.74, 6) is -5.03. The van der Waals surface area contributed by atoms with Crippen molar-refractivity contribution in [3.8, 4) is 11.1 Å². The highest BCUT2D eigenvalue weighted by Gasteiger charge is 2.53. The SMILES string of the molecule is CC12CCCN1N(Cc1c(F)cc(CCCCCCCOC[C@H](O)[C@@H](O)CO)cc1F)C(=O)C(C(=O)Nc1ccc(C(F)(F)F)cc1-c1ccc(C(F)(F)F)nc1)=C2O. The van der Waals surface area contributed by atoms with Crippen molar-refractivity contribution in [3.63, 3.8) is 0 Å². The standard InChI is InChI=1S/C40H44F8N4O7/c1-38-13-7-14-52(38)51(20-27-28(41)16-23(17-29(27)42)8-5-3-2-4-6-15-59-22-32(55)31(54)21-53)37(58)34(35(38)56)36(57)50-30-11-10-25(39(43,44)45)18-26(30)24-9-12-33(49-19-24)40(46,47)48/h9-12,16-19,31-32,53-56H,2-8,13-15,20-22H2,1H3,(H,50,57)/t31-,32-,38?/m0/s1. The minimum Gasteiger partial charge on any atom is -0.509 e. The predicted molar refractivity (Wildman–Crippen MR) is 196 cm³/mol. The van der Waals surface area contributed by atoms with Crippen LogP contribution in [0.4, 0.5) is 40.8 Å². The quantitative estimate of drug-likeness (QED) is 0.0558. The van der Waals surface area contributed by atoms with Crippen molar-refractivity contribution in [2.45, 2.75) is 94.9 Å². The lowest BCUT2D eigenvalue weighted by molar-refractivity contribution is -0.160. The molecule has 3 aromatic rings. The number of nitrogens with one attached hydrogen (secondary N) is 1. The first-order chi connectivity index (χ1) is 27.8. The van der Waals surface area contributed by atoms with Crippen LogP contribution in [0, 0.1) is 11.6 Å². The Bertz CT molecular complexity index is 1990. The van der Waals surface area contributed by atoms with Gasteiger partial charge in [-0.25, -0.2) is 13.8 Å². The van der Waals surface area contributed by atoms with Crippen LogP contribution in [-0.4, -0.2) is 91.4 Å². The summed E-state index contributed by atoms with van der Waals surface area (Å²) in [6.07, 6.45) is -6.98. The van der Waals surface area contributed by atoms with E-state index in [1.807, 2.05) is 0 Å². The zero-order valence-corrected chi connectivity index (χ0v) is 31.8. The van der Waals surface area contributed by atoms with Crippen LogP contribution >= 0.6 is 0 Å². The van der Waals surface area contributed by atoms with Crippen molar-refractivity contribution >= 4 is 17.5 Å². The molecule has 3 heterocycles. The lowest BCUT2D eigenvalue weighted by Gasteiger charge is -2.46. The Kier molecular flexibility index (Phi) is 14.4. The Balaban J connectivity index is 1.29. The first kappa shape index (κ1) is 45.4. The monoisotopic (exact) mass is 844 g/mol. The van der Waals surface area contributed by atoms with E-state index in [0.717, 1.165) is 48.5 Å². The summed E-state index contributed by atoms with van der Waals surface area (Å²) in [6.45, 7) is 0.634. The number of nitrogens with zero attached hydrogens (tertiary/aromatic N) is 3. The van der Waals surface area contributed by atoms with Crippen LogP contribution in [0.1, 0.15) is 74.3 Å². The second kappa shape index (κ2) is 18.7. The van der Waals surface area contributed by atoms with Gasteiger partial charge in [-0.3, -0.25) is 19.6 Å². The number of pyridine rings is 1. The summed E-state index contributed by atoms with van der Waals surface area (Å²) >= 11 is 0. The third-order valence-corrected chi connectivity index (χ3v) is 10.5. The molecule has 0 spiro atoms. The topological polar surface area (TPSA) is 156 Å². The van der Waals surface area contributed by atoms with Crippen molar-refractivity contribution in [3.05, 3.63) is 94.0 Å². The van der Waals surface area contributed by atoms with E-state index in [0.29, 0.717) is 62.2 Å². The fourth-order valence-electron chi connectivity index (χ4n) is 7.12. The molecular weight excluding hydrogens is 800 g/mol. The fraction of sp³-hybridized carbons (Fsp3) is 0.475. The maximum absolute atomic E-state index is 15.6. The molecule has 19 heteroatoms. The molecule has 2 aliphatic rings. The van der Waals surface area contributed by atoms with Crippen molar-refractivity contribution < 1.29 is 69.9 Å². The molecule has 3 atom stereocenters. The van der Waals surface area contributed by atoms with Crippen LogP contribution in [-0.2, 0) is 39.6 Å². The number of hydrogen-bond donors (Lipinski definition) is 5. The molecule has 0 aliphatic carbocycles. The number of hydrazine groups is 1. The Hall–Kier alpha value is -4.69. The van der Waals surface area contributed by atoms with Gasteiger partial charge in [-0.05, 0) is 81.0 Å². The third-order valence-electron chi connectivity index (χ3n) is 10.5. The highest BCUT2D eigenvalue weighted by Crippen LogP contribution is 2.43. The van der Waals surface area contributed by atoms with Gasteiger partial charge in [0.05, 0.1) is 30.9 Å². The Morgan fingerprint density at radius 3 is 2.25 bits per heavy atom. The van der Waals surface area contributed by atoms with Gasteiger partial charge in [0.2, 0.25) is 0 Å². The number of fused-ring (bicyclic) bond motifs is 1. The first-order valence-corrected chi connectivity index (χ1v) is 18.9. The van der Waals surface area contributed by atoms with Crippen LogP contribution in [0.5, 0.6) is 0 Å². The molecule has 322 valence electrons. The fourth-order valence-corrected chi connectivity index (χ4v) is 7.12. The minimum atomic E-state index is -4.89. The van der Waals surface area contributed by atoms with Gasteiger partial charge < -0.3 is 30.5 Å². The smallest absolute Gasteiger partial charge is 0.433 e. The molecule has 1 unspecified atom stereocenters. The predicted octanol–water partition coefficient (Wildman–Crippen LogP) is 6.85. The zero-order valence-electron chi connectivity index (χ0n) is 31.8. The molecule has 2 amide bonds. The lowest BCUT2D eigenvalue weighted by Crippen LogP contribution is -2.60. The van der Waals surface area contributed by atoms with Gasteiger partial charge in [0, 0.05) is 41.7 Å². The van der Waals surface area contributed by atoms with Crippen LogP contribution in [0.2, 0.25) is 0 Å². The van der Waals surface area contributed by atoms with Gasteiger partial charge in [0.15, 0.2) is 0 Å². The van der Waals surface area contributed by atoms with E-state index < -0.39 is 100 Å². The van der Waals surface area contributed by atoms with Crippen molar-refractivity contribution in [2.24, 2.45) is 0 Å². The summed E-state index contributed by atoms with van der Waals surface area (Å²) in [5.41, 5.74) is -5.89. The number of anilines is 1. The number of aryl methyl sites for hydroxylation is 1. The van der Waals surface area contributed by atoms with E-state index in [9.17, 15) is 51.3 Å². The van der Waals surface area contributed by atoms with E-state index in [1.165, 1.54) is 11.9 Å². The number of rotatable bonds is 17. The number of carbonyl (C=O) groups excluding carboxylic acids is 2. The first-order valence-electron chi connectivity index (χ1n) is 18.9. The van der Waals surface area contributed by atoms with Crippen LogP contribution in [0.25, 0.3) is 11.1 Å². The van der Waals surface area contributed by atoms with Gasteiger partial charge >= 0.3 is 12.4 Å². The minimum absolute atomic E-state index is 0.115. The number of unbranched alkanes of at least 4 members (excludes halogenated alkanes) is 4. The van der Waals surface area contributed by atoms with Crippen molar-refractivity contribution in [1.29, 1.82) is 0 Å². The van der Waals surface area contributed by atoms with E-state index in [1.54, 1.807) is 0 Å². The summed E-state index contributed by atoms with van der Waals surface area (Å²) < 4.78 is 117. The number of ether oxygens (including phenoxy) is 1. The van der Waals surface area contributed by atoms with Gasteiger partial charge in [0.25, 0.3) is 11.8 Å². The number of aliphatic hydroxyl groups is 4. The van der Waals surface area contributed by atoms with E-state index in [-0.39, 0.29) is 30.8 Å². The molecule has 0 bridgehead atoms. The van der Waals surface area contributed by atoms with E-state index >= 15 is 8.78 Å². The molecule has 0 saturated carbocycles. The highest BCUT2D eigenvalue weighted by molar-refractivity contribution is 6.24. The summed E-state index contributed by atoms with van der Waals surface area (Å²) in [7, 11) is 0. The number of benzene rings is 2. The molecule has 11 nitrogen and oxygen atoms in total. The van der Waals surface area contributed by atoms with Crippen LogP contribution < -0.4 is 5.32 Å². The van der Waals surface area contributed by atoms with Crippen molar-refractivity contribution in [1.82, 2.24) is 15.0 Å². The normalized spacial score (nSPS) is 18.6. The van der Waals surface area contributed by atoms with Crippen LogP contribution in [0.15, 0.2) is 60.0 Å². The van der Waals surface area contributed by atoms with Crippen molar-refractivity contribution in [2.75, 3.05) is 31.7 Å². The Labute approximate surface area is 333 Å². The highest BCUT2D eigenvalue weighted by atomic mass is 19.4. The average Bonchev–Trinajstić information content (AvgIpc) is 3.58. The van der Waals surface area contributed by atoms with Gasteiger partial charge in [-0.1, -0.05) is 25.3 Å². The molecule has 59 heavy (non-hydrogen) atoms. The van der Waals surface area contributed by atoms with Gasteiger partial charge in [-0.15, -0.1) is 0 Å². The number of carbonyl (C=O) groups is 2. The molecule has 0 radical (unpaired) electrons. The average molecular weight is 845 g/mol. The molecule has 1 fully saturated rings. The number of alkyl halides is 6. The maximum Gasteiger partial charge on any atom is 0.433 e. The number of amides is 2. The number of aromatic nitrogens is 1. The second-order valence-electron chi connectivity index (χ2n) is 14.7. The van der Waals surface area contributed by atoms with Gasteiger partial charge in [0.1, 0.15) is 40.9 Å². The largest absolute Gasteiger partial charge is 0.509 e. The Morgan fingerprint density at radius 1 is 0.949 bits per heavy atom. The second-order valence-corrected chi connectivity index (χ2v) is 14.7. The van der Waals surface area contributed by atoms with E-state index in [4.69, 9.17) is 9.84 Å². The molecule has 1 aromatic heterocycles. The number of hydrogen-bond acceptors (Lipinski definition) is 9. The molecule has 2 aliphatic heterocycles. The zero-order chi connectivity index (χ0) is 43.3. The lowest BCUT2D eigenvalue weighted by atomic mass is 9.90. The van der Waals surface area contributed by atoms with Crippen LogP contribution in [0.3, 0.4) is 0 Å².